The monoisotopic (exact) mass is 419 g/mol. The van der Waals surface area contributed by atoms with Crippen LogP contribution in [0.5, 0.6) is 0 Å². The van der Waals surface area contributed by atoms with Gasteiger partial charge in [0.25, 0.3) is 10.0 Å². The van der Waals surface area contributed by atoms with Crippen molar-refractivity contribution in [2.45, 2.75) is 18.7 Å². The van der Waals surface area contributed by atoms with Crippen molar-refractivity contribution in [1.82, 2.24) is 18.8 Å². The standard InChI is InChI=1S/C22H21N5O2S/c1-16-6-4-5-7-21(16)30(28,29)26(3)25-14-20-13-24-22-11-10-19(15-27(20)22)18-9-8-17(2)23-12-18/h4-15H,1-3H3. The Morgan fingerprint density at radius 2 is 1.73 bits per heavy atom. The number of aryl methyl sites for hydroxylation is 2. The van der Waals surface area contributed by atoms with E-state index >= 15 is 0 Å². The molecular formula is C22H21N5O2S. The molecule has 3 heterocycles. The SMILES string of the molecule is Cc1ccc(-c2ccc3ncc(C=NN(C)S(=O)(=O)c4ccccc4C)n3c2)cn1. The van der Waals surface area contributed by atoms with Gasteiger partial charge in [-0.25, -0.2) is 4.98 Å². The predicted molar refractivity (Wildman–Crippen MR) is 117 cm³/mol. The van der Waals surface area contributed by atoms with Crippen molar-refractivity contribution in [2.24, 2.45) is 5.10 Å². The summed E-state index contributed by atoms with van der Waals surface area (Å²) in [7, 11) is -2.31. The van der Waals surface area contributed by atoms with Gasteiger partial charge in [-0.15, -0.1) is 0 Å². The zero-order valence-corrected chi connectivity index (χ0v) is 17.7. The molecule has 0 saturated carbocycles. The lowest BCUT2D eigenvalue weighted by molar-refractivity contribution is 0.490. The molecule has 0 atom stereocenters. The highest BCUT2D eigenvalue weighted by Crippen LogP contribution is 2.21. The molecule has 3 aromatic heterocycles. The molecule has 0 aliphatic heterocycles. The number of hydrazone groups is 1. The molecule has 0 bridgehead atoms. The molecular weight excluding hydrogens is 398 g/mol. The third kappa shape index (κ3) is 3.69. The highest BCUT2D eigenvalue weighted by Gasteiger charge is 2.21. The van der Waals surface area contributed by atoms with Gasteiger partial charge in [-0.3, -0.25) is 9.38 Å². The van der Waals surface area contributed by atoms with Crippen LogP contribution in [0, 0.1) is 13.8 Å². The first-order valence-corrected chi connectivity index (χ1v) is 10.8. The van der Waals surface area contributed by atoms with Crippen LogP contribution in [0.15, 0.2) is 77.1 Å². The van der Waals surface area contributed by atoms with Crippen LogP contribution in [0.2, 0.25) is 0 Å². The molecule has 7 nitrogen and oxygen atoms in total. The first-order chi connectivity index (χ1) is 14.4. The van der Waals surface area contributed by atoms with Crippen LogP contribution in [-0.4, -0.2) is 40.5 Å². The number of hydrogen-bond donors (Lipinski definition) is 0. The molecule has 0 unspecified atom stereocenters. The quantitative estimate of drug-likeness (QED) is 0.365. The molecule has 0 aliphatic rings. The summed E-state index contributed by atoms with van der Waals surface area (Å²) in [5, 5.41) is 4.17. The number of aromatic nitrogens is 3. The zero-order valence-electron chi connectivity index (χ0n) is 16.9. The highest BCUT2D eigenvalue weighted by molar-refractivity contribution is 7.89. The van der Waals surface area contributed by atoms with E-state index in [1.807, 2.05) is 48.0 Å². The summed E-state index contributed by atoms with van der Waals surface area (Å²) >= 11 is 0. The van der Waals surface area contributed by atoms with E-state index < -0.39 is 10.0 Å². The van der Waals surface area contributed by atoms with Crippen molar-refractivity contribution in [1.29, 1.82) is 0 Å². The first kappa shape index (κ1) is 19.8. The van der Waals surface area contributed by atoms with Gasteiger partial charge in [0.1, 0.15) is 5.65 Å². The van der Waals surface area contributed by atoms with Gasteiger partial charge in [0, 0.05) is 36.3 Å². The second-order valence-electron chi connectivity index (χ2n) is 6.97. The average Bonchev–Trinajstić information content (AvgIpc) is 3.15. The molecule has 30 heavy (non-hydrogen) atoms. The van der Waals surface area contributed by atoms with E-state index in [4.69, 9.17) is 0 Å². The van der Waals surface area contributed by atoms with Gasteiger partial charge in [-0.1, -0.05) is 24.3 Å². The number of pyridine rings is 2. The van der Waals surface area contributed by atoms with Gasteiger partial charge in [0.2, 0.25) is 0 Å². The molecule has 8 heteroatoms. The fourth-order valence-corrected chi connectivity index (χ4v) is 4.28. The highest BCUT2D eigenvalue weighted by atomic mass is 32.2. The van der Waals surface area contributed by atoms with E-state index in [1.165, 1.54) is 13.3 Å². The Bertz CT molecular complexity index is 1340. The van der Waals surface area contributed by atoms with Crippen LogP contribution < -0.4 is 0 Å². The third-order valence-electron chi connectivity index (χ3n) is 4.85. The number of imidazole rings is 1. The van der Waals surface area contributed by atoms with Gasteiger partial charge in [-0.05, 0) is 43.7 Å². The van der Waals surface area contributed by atoms with E-state index in [1.54, 1.807) is 37.4 Å². The van der Waals surface area contributed by atoms with Gasteiger partial charge < -0.3 is 0 Å². The number of fused-ring (bicyclic) bond motifs is 1. The van der Waals surface area contributed by atoms with Gasteiger partial charge in [0.15, 0.2) is 0 Å². The smallest absolute Gasteiger partial charge is 0.279 e. The Morgan fingerprint density at radius 3 is 2.47 bits per heavy atom. The minimum Gasteiger partial charge on any atom is -0.298 e. The Hall–Kier alpha value is -3.52. The summed E-state index contributed by atoms with van der Waals surface area (Å²) in [4.78, 5) is 8.94. The van der Waals surface area contributed by atoms with Gasteiger partial charge in [-0.2, -0.15) is 17.9 Å². The number of sulfonamides is 1. The maximum Gasteiger partial charge on any atom is 0.279 e. The minimum absolute atomic E-state index is 0.233. The van der Waals surface area contributed by atoms with Crippen molar-refractivity contribution in [3.8, 4) is 11.1 Å². The lowest BCUT2D eigenvalue weighted by Crippen LogP contribution is -2.22. The maximum absolute atomic E-state index is 12.8. The van der Waals surface area contributed by atoms with Crippen molar-refractivity contribution in [3.05, 3.63) is 84.1 Å². The summed E-state index contributed by atoms with van der Waals surface area (Å²) in [5.74, 6) is 0. The molecule has 0 radical (unpaired) electrons. The molecule has 0 saturated heterocycles. The van der Waals surface area contributed by atoms with Crippen molar-refractivity contribution >= 4 is 21.9 Å². The van der Waals surface area contributed by atoms with E-state index in [2.05, 4.69) is 15.1 Å². The van der Waals surface area contributed by atoms with Crippen LogP contribution in [0.25, 0.3) is 16.8 Å². The van der Waals surface area contributed by atoms with Crippen molar-refractivity contribution in [3.63, 3.8) is 0 Å². The number of rotatable bonds is 5. The molecule has 0 N–H and O–H groups in total. The Balaban J connectivity index is 1.66. The molecule has 0 amide bonds. The summed E-state index contributed by atoms with van der Waals surface area (Å²) in [6.07, 6.45) is 6.91. The molecule has 4 aromatic rings. The molecule has 4 rings (SSSR count). The van der Waals surface area contributed by atoms with Crippen LogP contribution in [-0.2, 0) is 10.0 Å². The number of nitrogens with zero attached hydrogens (tertiary/aromatic N) is 5. The van der Waals surface area contributed by atoms with Crippen LogP contribution in [0.4, 0.5) is 0 Å². The van der Waals surface area contributed by atoms with E-state index in [0.29, 0.717) is 11.3 Å². The lowest BCUT2D eigenvalue weighted by atomic mass is 10.1. The van der Waals surface area contributed by atoms with Gasteiger partial charge >= 0.3 is 0 Å². The third-order valence-corrected chi connectivity index (χ3v) is 6.65. The molecule has 152 valence electrons. The second-order valence-corrected chi connectivity index (χ2v) is 8.89. The van der Waals surface area contributed by atoms with E-state index in [0.717, 1.165) is 26.9 Å². The number of benzene rings is 1. The summed E-state index contributed by atoms with van der Waals surface area (Å²) in [6.45, 7) is 3.70. The Morgan fingerprint density at radius 1 is 0.967 bits per heavy atom. The zero-order chi connectivity index (χ0) is 21.3. The average molecular weight is 420 g/mol. The maximum atomic E-state index is 12.8. The minimum atomic E-state index is -3.73. The molecule has 1 aromatic carbocycles. The van der Waals surface area contributed by atoms with Crippen molar-refractivity contribution < 1.29 is 8.42 Å². The van der Waals surface area contributed by atoms with Crippen LogP contribution in [0.1, 0.15) is 17.0 Å². The summed E-state index contributed by atoms with van der Waals surface area (Å²) in [5.41, 5.74) is 4.99. The fraction of sp³-hybridized carbons (Fsp3) is 0.136. The summed E-state index contributed by atoms with van der Waals surface area (Å²) in [6, 6.07) is 14.7. The van der Waals surface area contributed by atoms with E-state index in [-0.39, 0.29) is 4.90 Å². The predicted octanol–water partition coefficient (Wildman–Crippen LogP) is 3.67. The van der Waals surface area contributed by atoms with E-state index in [9.17, 15) is 8.42 Å². The fourth-order valence-electron chi connectivity index (χ4n) is 3.09. The Labute approximate surface area is 175 Å². The van der Waals surface area contributed by atoms with Crippen molar-refractivity contribution in [2.75, 3.05) is 7.05 Å². The first-order valence-electron chi connectivity index (χ1n) is 9.35. The van der Waals surface area contributed by atoms with Crippen LogP contribution in [0.3, 0.4) is 0 Å². The summed E-state index contributed by atoms with van der Waals surface area (Å²) < 4.78 is 28.5. The normalized spacial score (nSPS) is 12.0. The number of hydrogen-bond acceptors (Lipinski definition) is 5. The lowest BCUT2D eigenvalue weighted by Gasteiger charge is -2.15. The van der Waals surface area contributed by atoms with Crippen LogP contribution >= 0.6 is 0 Å². The topological polar surface area (TPSA) is 79.9 Å². The molecule has 0 spiro atoms. The molecule has 0 fully saturated rings. The largest absolute Gasteiger partial charge is 0.298 e. The second kappa shape index (κ2) is 7.72. The molecule has 0 aliphatic carbocycles. The van der Waals surface area contributed by atoms with Gasteiger partial charge in [0.05, 0.1) is 23.0 Å². The Kier molecular flexibility index (Phi) is 5.09.